The molecule has 2 bridgehead atoms. The first-order valence-corrected chi connectivity index (χ1v) is 18.6. The van der Waals surface area contributed by atoms with Crippen molar-refractivity contribution in [2.45, 2.75) is 49.7 Å². The van der Waals surface area contributed by atoms with E-state index < -0.39 is 21.5 Å². The third-order valence-electron chi connectivity index (χ3n) is 10.6. The van der Waals surface area contributed by atoms with Crippen LogP contribution in [0.2, 0.25) is 0 Å². The Morgan fingerprint density at radius 3 is 2.71 bits per heavy atom. The number of phenols is 1. The van der Waals surface area contributed by atoms with Crippen molar-refractivity contribution in [2.75, 3.05) is 49.7 Å². The molecule has 4 unspecified atom stereocenters. The fraction of sp³-hybridized carbons (Fsp3) is 0.457. The van der Waals surface area contributed by atoms with E-state index in [1.165, 1.54) is 36.6 Å². The number of fused-ring (bicyclic) bond motifs is 5. The molecule has 0 aliphatic carbocycles. The minimum Gasteiger partial charge on any atom is -0.508 e. The number of aromatic nitrogens is 3. The predicted octanol–water partition coefficient (Wildman–Crippen LogP) is 4.69. The van der Waals surface area contributed by atoms with E-state index in [1.807, 2.05) is 0 Å². The molecule has 0 amide bonds. The molecule has 4 aliphatic heterocycles. The number of sulfone groups is 1. The first kappa shape index (κ1) is 31.3. The van der Waals surface area contributed by atoms with E-state index in [1.54, 1.807) is 6.20 Å². The number of piperazine rings is 1. The Hall–Kier alpha value is -3.94. The average molecular weight is 677 g/mol. The number of anilines is 1. The van der Waals surface area contributed by atoms with Crippen molar-refractivity contribution in [1.82, 2.24) is 25.2 Å². The highest BCUT2D eigenvalue weighted by Gasteiger charge is 2.49. The summed E-state index contributed by atoms with van der Waals surface area (Å²) in [5, 5.41) is 15.5. The highest BCUT2D eigenvalue weighted by atomic mass is 32.2. The molecule has 4 aliphatic rings. The monoisotopic (exact) mass is 676 g/mol. The topological polar surface area (TPSA) is 121 Å². The second-order valence-corrected chi connectivity index (χ2v) is 16.2. The van der Waals surface area contributed by atoms with Crippen LogP contribution in [-0.2, 0) is 9.84 Å². The molecular formula is C35H38F2N6O4S. The highest BCUT2D eigenvalue weighted by Crippen LogP contribution is 2.43. The molecule has 2 N–H and O–H groups in total. The summed E-state index contributed by atoms with van der Waals surface area (Å²) in [6.07, 6.45) is 8.82. The molecule has 6 heterocycles. The lowest BCUT2D eigenvalue weighted by molar-refractivity contribution is 0.107. The van der Waals surface area contributed by atoms with Crippen molar-refractivity contribution in [3.63, 3.8) is 0 Å². The number of pyridine rings is 1. The molecule has 2 aromatic heterocycles. The largest absolute Gasteiger partial charge is 0.508 e. The zero-order valence-corrected chi connectivity index (χ0v) is 27.6. The maximum Gasteiger partial charge on any atom is 0.319 e. The normalized spacial score (nSPS) is 25.6. The van der Waals surface area contributed by atoms with Crippen molar-refractivity contribution in [3.8, 4) is 23.0 Å². The van der Waals surface area contributed by atoms with E-state index in [0.29, 0.717) is 48.0 Å². The van der Waals surface area contributed by atoms with Crippen LogP contribution in [0.1, 0.15) is 37.7 Å². The molecule has 8 rings (SSSR count). The van der Waals surface area contributed by atoms with Crippen LogP contribution in [0.3, 0.4) is 0 Å². The third-order valence-corrected chi connectivity index (χ3v) is 11.7. The zero-order valence-electron chi connectivity index (χ0n) is 26.8. The van der Waals surface area contributed by atoms with Gasteiger partial charge in [0.05, 0.1) is 16.7 Å². The van der Waals surface area contributed by atoms with Crippen LogP contribution in [0.25, 0.3) is 39.0 Å². The van der Waals surface area contributed by atoms with Gasteiger partial charge in [0.2, 0.25) is 0 Å². The van der Waals surface area contributed by atoms with Crippen LogP contribution < -0.4 is 15.0 Å². The van der Waals surface area contributed by atoms with E-state index >= 15 is 4.39 Å². The molecule has 13 heteroatoms. The van der Waals surface area contributed by atoms with Gasteiger partial charge >= 0.3 is 6.01 Å². The minimum absolute atomic E-state index is 0.0149. The maximum absolute atomic E-state index is 16.9. The summed E-state index contributed by atoms with van der Waals surface area (Å²) in [6.45, 7) is 6.96. The predicted molar refractivity (Wildman–Crippen MR) is 181 cm³/mol. The molecule has 10 nitrogen and oxygen atoms in total. The molecule has 252 valence electrons. The van der Waals surface area contributed by atoms with Gasteiger partial charge in [-0.2, -0.15) is 9.97 Å². The molecule has 2 aromatic carbocycles. The summed E-state index contributed by atoms with van der Waals surface area (Å²) in [5.74, 6) is -0.690. The molecule has 4 fully saturated rings. The number of phenolic OH excluding ortho intramolecular Hbond substituents is 1. The summed E-state index contributed by atoms with van der Waals surface area (Å²) in [7, 11) is -3.13. The van der Waals surface area contributed by atoms with Crippen LogP contribution in [0.15, 0.2) is 37.0 Å². The number of hydrogen-bond donors (Lipinski definition) is 2. The molecule has 0 spiro atoms. The summed E-state index contributed by atoms with van der Waals surface area (Å²) < 4.78 is 62.4. The first-order chi connectivity index (χ1) is 23.0. The quantitative estimate of drug-likeness (QED) is 0.272. The summed E-state index contributed by atoms with van der Waals surface area (Å²) in [5.41, 5.74) is -0.0204. The number of hydrogen-bond acceptors (Lipinski definition) is 10. The summed E-state index contributed by atoms with van der Waals surface area (Å²) in [4.78, 5) is 18.5. The maximum atomic E-state index is 16.9. The number of halogens is 2. The Balaban J connectivity index is 1.23. The number of ether oxygens (including phenoxy) is 1. The Morgan fingerprint density at radius 2 is 1.96 bits per heavy atom. The number of aromatic hydroxyl groups is 1. The average Bonchev–Trinajstić information content (AvgIpc) is 3.69. The Labute approximate surface area is 277 Å². The van der Waals surface area contributed by atoms with Gasteiger partial charge in [0, 0.05) is 60.7 Å². The molecule has 0 saturated carbocycles. The van der Waals surface area contributed by atoms with E-state index in [0.717, 1.165) is 32.2 Å². The summed E-state index contributed by atoms with van der Waals surface area (Å²) >= 11 is 0. The van der Waals surface area contributed by atoms with Crippen LogP contribution in [0, 0.1) is 17.6 Å². The Morgan fingerprint density at radius 1 is 1.17 bits per heavy atom. The van der Waals surface area contributed by atoms with Gasteiger partial charge in [-0.25, -0.2) is 17.2 Å². The lowest BCUT2D eigenvalue weighted by atomic mass is 9.91. The summed E-state index contributed by atoms with van der Waals surface area (Å²) in [6, 6.07) is 6.29. The lowest BCUT2D eigenvalue weighted by Crippen LogP contribution is -2.51. The fourth-order valence-corrected chi connectivity index (χ4v) is 9.79. The van der Waals surface area contributed by atoms with Crippen molar-refractivity contribution >= 4 is 43.4 Å². The number of benzene rings is 2. The highest BCUT2D eigenvalue weighted by molar-refractivity contribution is 7.90. The van der Waals surface area contributed by atoms with Gasteiger partial charge in [-0.15, -0.1) is 0 Å². The molecule has 4 saturated heterocycles. The van der Waals surface area contributed by atoms with E-state index in [9.17, 15) is 17.9 Å². The van der Waals surface area contributed by atoms with Crippen LogP contribution in [0.4, 0.5) is 14.6 Å². The van der Waals surface area contributed by atoms with Crippen LogP contribution in [0.5, 0.6) is 11.8 Å². The number of rotatable bonds is 8. The van der Waals surface area contributed by atoms with Crippen molar-refractivity contribution in [3.05, 3.63) is 54.2 Å². The van der Waals surface area contributed by atoms with Crippen molar-refractivity contribution in [2.24, 2.45) is 5.92 Å². The first-order valence-electron chi connectivity index (χ1n) is 16.5. The SMILES string of the molecule is C=Cc1c(F)ccc2cc(O)cc(-c3ncc4c(N5CC6CCC(C5)N6)nc(OCC56CCCN5CC(CS(C)(=O)=O)C6)nc4c3F)c12. The Kier molecular flexibility index (Phi) is 7.57. The van der Waals surface area contributed by atoms with E-state index in [2.05, 4.69) is 31.7 Å². The van der Waals surface area contributed by atoms with Gasteiger partial charge in [-0.1, -0.05) is 18.7 Å². The van der Waals surface area contributed by atoms with Crippen molar-refractivity contribution < 1.29 is 27.0 Å². The van der Waals surface area contributed by atoms with Gasteiger partial charge in [0.15, 0.2) is 5.82 Å². The van der Waals surface area contributed by atoms with Gasteiger partial charge in [-0.05, 0) is 68.2 Å². The molecule has 48 heavy (non-hydrogen) atoms. The molecular weight excluding hydrogens is 638 g/mol. The van der Waals surface area contributed by atoms with Gasteiger partial charge < -0.3 is 20.1 Å². The molecule has 4 aromatic rings. The molecule has 4 atom stereocenters. The number of nitrogens with one attached hydrogen (secondary N) is 1. The lowest BCUT2D eigenvalue weighted by Gasteiger charge is -2.34. The van der Waals surface area contributed by atoms with E-state index in [-0.39, 0.29) is 70.0 Å². The van der Waals surface area contributed by atoms with Gasteiger partial charge in [0.25, 0.3) is 0 Å². The molecule has 0 radical (unpaired) electrons. The smallest absolute Gasteiger partial charge is 0.319 e. The minimum atomic E-state index is -3.13. The second-order valence-electron chi connectivity index (χ2n) is 14.0. The fourth-order valence-electron chi connectivity index (χ4n) is 8.71. The zero-order chi connectivity index (χ0) is 33.4. The van der Waals surface area contributed by atoms with E-state index in [4.69, 9.17) is 9.72 Å². The standard InChI is InChI=1S/C35H38F2N6O4S/c1-3-25-28(36)8-5-21-11-24(44)12-26(29(21)25)31-30(37)32-27(14-38-31)33(42-16-22-6-7-23(17-42)39-22)41-34(40-32)47-19-35-9-4-10-43(35)15-20(13-35)18-48(2,45)46/h3,5,8,11-12,14,20,22-23,39,44H,1,4,6-7,9-10,13,15-19H2,2H3. The second kappa shape index (κ2) is 11.6. The number of nitrogens with zero attached hydrogens (tertiary/aromatic N) is 5. The third kappa shape index (κ3) is 5.45. The van der Waals surface area contributed by atoms with Crippen LogP contribution in [-0.4, -0.2) is 95.8 Å². The van der Waals surface area contributed by atoms with Gasteiger partial charge in [0.1, 0.15) is 45.0 Å². The van der Waals surface area contributed by atoms with Crippen molar-refractivity contribution in [1.29, 1.82) is 0 Å². The van der Waals surface area contributed by atoms with Crippen LogP contribution >= 0.6 is 0 Å². The Bertz CT molecular complexity index is 2070. The van der Waals surface area contributed by atoms with Gasteiger partial charge in [-0.3, -0.25) is 9.88 Å².